The SMILES string of the molecule is C[C@@H]1[C@H](CO)[C@@H](C)O[C@H]1C. The van der Waals surface area contributed by atoms with Crippen LogP contribution < -0.4 is 0 Å². The van der Waals surface area contributed by atoms with Crippen molar-refractivity contribution in [3.63, 3.8) is 0 Å². The van der Waals surface area contributed by atoms with Crippen molar-refractivity contribution in [2.75, 3.05) is 6.61 Å². The maximum absolute atomic E-state index is 8.94. The minimum Gasteiger partial charge on any atom is -0.396 e. The van der Waals surface area contributed by atoms with Gasteiger partial charge in [0.05, 0.1) is 12.2 Å². The summed E-state index contributed by atoms with van der Waals surface area (Å²) in [6.45, 7) is 6.49. The molecule has 1 fully saturated rings. The molecule has 0 bridgehead atoms. The maximum Gasteiger partial charge on any atom is 0.0604 e. The second kappa shape index (κ2) is 2.89. The molecule has 1 N–H and O–H groups in total. The van der Waals surface area contributed by atoms with Crippen LogP contribution in [0.5, 0.6) is 0 Å². The van der Waals surface area contributed by atoms with Crippen LogP contribution in [0, 0.1) is 11.8 Å². The number of hydrogen-bond acceptors (Lipinski definition) is 2. The molecular formula is C8H16O2. The van der Waals surface area contributed by atoms with Gasteiger partial charge in [-0.25, -0.2) is 0 Å². The summed E-state index contributed by atoms with van der Waals surface area (Å²) in [4.78, 5) is 0. The molecule has 0 saturated carbocycles. The van der Waals surface area contributed by atoms with Crippen molar-refractivity contribution in [2.45, 2.75) is 33.0 Å². The minimum atomic E-state index is 0.231. The molecule has 1 saturated heterocycles. The molecule has 1 aliphatic heterocycles. The highest BCUT2D eigenvalue weighted by molar-refractivity contribution is 4.82. The summed E-state index contributed by atoms with van der Waals surface area (Å²) in [5, 5.41) is 8.94. The quantitative estimate of drug-likeness (QED) is 0.595. The van der Waals surface area contributed by atoms with Crippen LogP contribution in [-0.4, -0.2) is 23.9 Å². The number of aliphatic hydroxyl groups is 1. The molecule has 0 aromatic heterocycles. The molecule has 0 unspecified atom stereocenters. The third-order valence-electron chi connectivity index (χ3n) is 2.66. The Morgan fingerprint density at radius 1 is 1.20 bits per heavy atom. The molecule has 10 heavy (non-hydrogen) atoms. The van der Waals surface area contributed by atoms with Crippen molar-refractivity contribution in [3.05, 3.63) is 0 Å². The van der Waals surface area contributed by atoms with Crippen molar-refractivity contribution >= 4 is 0 Å². The number of hydrogen-bond donors (Lipinski definition) is 1. The van der Waals surface area contributed by atoms with E-state index in [1.165, 1.54) is 0 Å². The molecule has 0 aliphatic carbocycles. The van der Waals surface area contributed by atoms with E-state index in [9.17, 15) is 0 Å². The number of aliphatic hydroxyl groups excluding tert-OH is 1. The second-order valence-electron chi connectivity index (χ2n) is 3.25. The Hall–Kier alpha value is -0.0800. The van der Waals surface area contributed by atoms with E-state index in [0.29, 0.717) is 17.9 Å². The van der Waals surface area contributed by atoms with Gasteiger partial charge in [-0.15, -0.1) is 0 Å². The Kier molecular flexibility index (Phi) is 2.32. The van der Waals surface area contributed by atoms with Gasteiger partial charge < -0.3 is 9.84 Å². The molecule has 0 aromatic rings. The standard InChI is InChI=1S/C8H16O2/c1-5-6(2)10-7(3)8(5)4-9/h5-9H,4H2,1-3H3/t5-,6-,7+,8-/m0/s1. The molecule has 60 valence electrons. The molecule has 0 spiro atoms. The Morgan fingerprint density at radius 3 is 2.00 bits per heavy atom. The van der Waals surface area contributed by atoms with Crippen LogP contribution >= 0.6 is 0 Å². The van der Waals surface area contributed by atoms with Gasteiger partial charge in [0.25, 0.3) is 0 Å². The lowest BCUT2D eigenvalue weighted by Gasteiger charge is -2.13. The average molecular weight is 144 g/mol. The summed E-state index contributed by atoms with van der Waals surface area (Å²) in [6.07, 6.45) is 0.544. The number of rotatable bonds is 1. The Morgan fingerprint density at radius 2 is 1.80 bits per heavy atom. The molecule has 1 rings (SSSR count). The van der Waals surface area contributed by atoms with E-state index < -0.39 is 0 Å². The minimum absolute atomic E-state index is 0.231. The first kappa shape index (κ1) is 8.02. The van der Waals surface area contributed by atoms with E-state index in [4.69, 9.17) is 9.84 Å². The van der Waals surface area contributed by atoms with Gasteiger partial charge in [-0.1, -0.05) is 6.92 Å². The van der Waals surface area contributed by atoms with Crippen LogP contribution in [0.3, 0.4) is 0 Å². The van der Waals surface area contributed by atoms with E-state index in [0.717, 1.165) is 0 Å². The first-order valence-corrected chi connectivity index (χ1v) is 3.93. The molecule has 4 atom stereocenters. The second-order valence-corrected chi connectivity index (χ2v) is 3.25. The highest BCUT2D eigenvalue weighted by Gasteiger charge is 2.35. The zero-order valence-electron chi connectivity index (χ0n) is 6.87. The van der Waals surface area contributed by atoms with Crippen molar-refractivity contribution in [1.29, 1.82) is 0 Å². The van der Waals surface area contributed by atoms with Gasteiger partial charge in [-0.3, -0.25) is 0 Å². The molecule has 2 heteroatoms. The van der Waals surface area contributed by atoms with Gasteiger partial charge in [0.1, 0.15) is 0 Å². The van der Waals surface area contributed by atoms with Crippen molar-refractivity contribution in [2.24, 2.45) is 11.8 Å². The number of ether oxygens (including phenoxy) is 1. The Bertz CT molecular complexity index is 114. The van der Waals surface area contributed by atoms with E-state index in [1.54, 1.807) is 0 Å². The first-order chi connectivity index (χ1) is 4.66. The Balaban J connectivity index is 2.55. The summed E-state index contributed by atoms with van der Waals surface area (Å²) < 4.78 is 5.52. The molecular weight excluding hydrogens is 128 g/mol. The van der Waals surface area contributed by atoms with Crippen molar-refractivity contribution in [3.8, 4) is 0 Å². The van der Waals surface area contributed by atoms with Crippen molar-refractivity contribution in [1.82, 2.24) is 0 Å². The van der Waals surface area contributed by atoms with E-state index >= 15 is 0 Å². The normalized spacial score (nSPS) is 48.0. The van der Waals surface area contributed by atoms with Crippen molar-refractivity contribution < 1.29 is 9.84 Å². The van der Waals surface area contributed by atoms with E-state index in [2.05, 4.69) is 13.8 Å². The van der Waals surface area contributed by atoms with Crippen LogP contribution in [0.4, 0.5) is 0 Å². The van der Waals surface area contributed by atoms with Gasteiger partial charge in [-0.2, -0.15) is 0 Å². The summed E-state index contributed by atoms with van der Waals surface area (Å²) in [6, 6.07) is 0. The fourth-order valence-corrected chi connectivity index (χ4v) is 1.65. The van der Waals surface area contributed by atoms with Crippen LogP contribution in [-0.2, 0) is 4.74 Å². The lowest BCUT2D eigenvalue weighted by atomic mass is 9.90. The fourth-order valence-electron chi connectivity index (χ4n) is 1.65. The van der Waals surface area contributed by atoms with Crippen LogP contribution in [0.15, 0.2) is 0 Å². The lowest BCUT2D eigenvalue weighted by Crippen LogP contribution is -2.20. The van der Waals surface area contributed by atoms with Crippen LogP contribution in [0.1, 0.15) is 20.8 Å². The lowest BCUT2D eigenvalue weighted by molar-refractivity contribution is 0.0449. The van der Waals surface area contributed by atoms with Crippen LogP contribution in [0.25, 0.3) is 0 Å². The predicted molar refractivity (Wildman–Crippen MR) is 39.7 cm³/mol. The molecule has 0 aromatic carbocycles. The van der Waals surface area contributed by atoms with Gasteiger partial charge in [-0.05, 0) is 19.8 Å². The van der Waals surface area contributed by atoms with Crippen LogP contribution in [0.2, 0.25) is 0 Å². The maximum atomic E-state index is 8.94. The molecule has 1 aliphatic rings. The smallest absolute Gasteiger partial charge is 0.0604 e. The van der Waals surface area contributed by atoms with Gasteiger partial charge in [0.2, 0.25) is 0 Å². The van der Waals surface area contributed by atoms with Gasteiger partial charge in [0, 0.05) is 12.5 Å². The monoisotopic (exact) mass is 144 g/mol. The highest BCUT2D eigenvalue weighted by atomic mass is 16.5. The molecule has 2 nitrogen and oxygen atoms in total. The summed E-state index contributed by atoms with van der Waals surface area (Å²) in [5.41, 5.74) is 0. The summed E-state index contributed by atoms with van der Waals surface area (Å²) in [7, 11) is 0. The molecule has 0 amide bonds. The topological polar surface area (TPSA) is 29.5 Å². The third kappa shape index (κ3) is 1.18. The summed E-state index contributed by atoms with van der Waals surface area (Å²) in [5.74, 6) is 0.843. The Labute approximate surface area is 62.2 Å². The van der Waals surface area contributed by atoms with E-state index in [-0.39, 0.29) is 12.7 Å². The predicted octanol–water partition coefficient (Wildman–Crippen LogP) is 1.04. The summed E-state index contributed by atoms with van der Waals surface area (Å²) >= 11 is 0. The zero-order chi connectivity index (χ0) is 7.72. The van der Waals surface area contributed by atoms with E-state index in [1.807, 2.05) is 6.92 Å². The third-order valence-corrected chi connectivity index (χ3v) is 2.66. The molecule has 1 heterocycles. The van der Waals surface area contributed by atoms with Gasteiger partial charge >= 0.3 is 0 Å². The average Bonchev–Trinajstić information content (AvgIpc) is 2.09. The largest absolute Gasteiger partial charge is 0.396 e. The zero-order valence-corrected chi connectivity index (χ0v) is 6.87. The fraction of sp³-hybridized carbons (Fsp3) is 1.00. The first-order valence-electron chi connectivity index (χ1n) is 3.93. The van der Waals surface area contributed by atoms with Gasteiger partial charge in [0.15, 0.2) is 0 Å². The molecule has 0 radical (unpaired) electrons. The highest BCUT2D eigenvalue weighted by Crippen LogP contribution is 2.31.